The van der Waals surface area contributed by atoms with Gasteiger partial charge in [-0.25, -0.2) is 0 Å². The molecule has 0 unspecified atom stereocenters. The monoisotopic (exact) mass is 509 g/mol. The van der Waals surface area contributed by atoms with E-state index in [4.69, 9.17) is 37.1 Å². The van der Waals surface area contributed by atoms with Crippen LogP contribution in [0, 0.1) is 0 Å². The van der Waals surface area contributed by atoms with Crippen molar-refractivity contribution in [2.45, 2.75) is 13.3 Å². The first-order chi connectivity index (χ1) is 16.9. The van der Waals surface area contributed by atoms with Crippen LogP contribution < -0.4 is 14.8 Å². The molecule has 0 saturated heterocycles. The van der Waals surface area contributed by atoms with Gasteiger partial charge in [-0.15, -0.1) is 0 Å². The van der Waals surface area contributed by atoms with E-state index in [1.165, 1.54) is 0 Å². The molecule has 4 rings (SSSR count). The molecule has 0 radical (unpaired) electrons. The predicted octanol–water partition coefficient (Wildman–Crippen LogP) is 7.19. The average molecular weight is 510 g/mol. The third-order valence-electron chi connectivity index (χ3n) is 5.67. The van der Waals surface area contributed by atoms with Crippen molar-refractivity contribution in [1.29, 1.82) is 0 Å². The average Bonchev–Trinajstić information content (AvgIpc) is 3.25. The lowest BCUT2D eigenvalue weighted by molar-refractivity contribution is -0.116. The number of methoxy groups -OCH3 is 2. The lowest BCUT2D eigenvalue weighted by Gasteiger charge is -2.10. The molecule has 0 saturated carbocycles. The van der Waals surface area contributed by atoms with Gasteiger partial charge in [0.15, 0.2) is 17.1 Å². The zero-order valence-corrected chi connectivity index (χ0v) is 21.2. The van der Waals surface area contributed by atoms with Crippen molar-refractivity contribution >= 4 is 45.7 Å². The van der Waals surface area contributed by atoms with Crippen LogP contribution in [0.5, 0.6) is 11.5 Å². The summed E-state index contributed by atoms with van der Waals surface area (Å²) in [5.74, 6) is 1.70. The molecule has 3 aromatic carbocycles. The van der Waals surface area contributed by atoms with Crippen molar-refractivity contribution in [2.24, 2.45) is 0 Å². The molecular formula is C28H25Cl2NO4. The molecule has 0 spiro atoms. The first-order valence-electron chi connectivity index (χ1n) is 11.1. The Morgan fingerprint density at radius 1 is 1.00 bits per heavy atom. The van der Waals surface area contributed by atoms with E-state index >= 15 is 0 Å². The topological polar surface area (TPSA) is 60.7 Å². The van der Waals surface area contributed by atoms with Crippen LogP contribution in [0.25, 0.3) is 27.7 Å². The number of benzene rings is 3. The summed E-state index contributed by atoms with van der Waals surface area (Å²) in [4.78, 5) is 12.7. The fourth-order valence-corrected chi connectivity index (χ4v) is 4.28. The Kier molecular flexibility index (Phi) is 7.69. The van der Waals surface area contributed by atoms with E-state index in [0.717, 1.165) is 22.1 Å². The number of hydrogen-bond donors (Lipinski definition) is 1. The molecule has 5 nitrogen and oxygen atoms in total. The molecule has 0 aliphatic heterocycles. The van der Waals surface area contributed by atoms with Crippen LogP contribution in [0.15, 0.2) is 71.2 Å². The van der Waals surface area contributed by atoms with Gasteiger partial charge in [0.2, 0.25) is 5.91 Å². The van der Waals surface area contributed by atoms with E-state index in [0.29, 0.717) is 51.4 Å². The minimum Gasteiger partial charge on any atom is -0.493 e. The second-order valence-electron chi connectivity index (χ2n) is 7.99. The highest BCUT2D eigenvalue weighted by molar-refractivity contribution is 6.35. The minimum atomic E-state index is -0.211. The van der Waals surface area contributed by atoms with Crippen molar-refractivity contribution in [3.05, 3.63) is 88.1 Å². The summed E-state index contributed by atoms with van der Waals surface area (Å²) >= 11 is 12.5. The maximum atomic E-state index is 12.7. The number of carbonyl (C=O) groups is 1. The molecule has 0 aliphatic carbocycles. The lowest BCUT2D eigenvalue weighted by Crippen LogP contribution is -2.23. The highest BCUT2D eigenvalue weighted by Gasteiger charge is 2.19. The highest BCUT2D eigenvalue weighted by Crippen LogP contribution is 2.41. The molecule has 4 aromatic rings. The van der Waals surface area contributed by atoms with Crippen molar-refractivity contribution in [1.82, 2.24) is 5.32 Å². The standard InChI is InChI=1S/C28H25Cl2NO4/c1-17(15-25(32)31-14-13-18-7-12-23(33-2)24(16-18)34-3)27-26(19-8-10-20(29)11-9-19)21-5-4-6-22(30)28(21)35-27/h4-12,15-16H,13-14H2,1-3H3,(H,31,32)/b17-15+. The highest BCUT2D eigenvalue weighted by atomic mass is 35.5. The molecule has 0 bridgehead atoms. The molecule has 0 fully saturated rings. The van der Waals surface area contributed by atoms with Crippen molar-refractivity contribution in [3.63, 3.8) is 0 Å². The molecule has 180 valence electrons. The maximum Gasteiger partial charge on any atom is 0.244 e. The molecule has 1 N–H and O–H groups in total. The molecule has 35 heavy (non-hydrogen) atoms. The van der Waals surface area contributed by atoms with Gasteiger partial charge in [0.25, 0.3) is 0 Å². The zero-order valence-electron chi connectivity index (χ0n) is 19.7. The normalized spacial score (nSPS) is 11.5. The quantitative estimate of drug-likeness (QED) is 0.255. The number of hydrogen-bond acceptors (Lipinski definition) is 4. The van der Waals surface area contributed by atoms with Crippen molar-refractivity contribution < 1.29 is 18.7 Å². The Bertz CT molecular complexity index is 1390. The summed E-state index contributed by atoms with van der Waals surface area (Å²) in [6.45, 7) is 2.31. The molecule has 1 amide bonds. The van der Waals surface area contributed by atoms with Gasteiger partial charge in [0.05, 0.1) is 19.2 Å². The van der Waals surface area contributed by atoms with E-state index in [9.17, 15) is 4.79 Å². The fourth-order valence-electron chi connectivity index (χ4n) is 3.95. The Hall–Kier alpha value is -3.41. The summed E-state index contributed by atoms with van der Waals surface area (Å²) in [5, 5.41) is 4.96. The maximum absolute atomic E-state index is 12.7. The number of nitrogens with one attached hydrogen (secondary N) is 1. The predicted molar refractivity (Wildman–Crippen MR) is 142 cm³/mol. The molecule has 0 aliphatic rings. The first-order valence-corrected chi connectivity index (χ1v) is 11.8. The van der Waals surface area contributed by atoms with Crippen molar-refractivity contribution in [3.8, 4) is 22.6 Å². The van der Waals surface area contributed by atoms with E-state index in [-0.39, 0.29) is 5.91 Å². The summed E-state index contributed by atoms with van der Waals surface area (Å²) < 4.78 is 16.8. The molecule has 0 atom stereocenters. The first kappa shape index (κ1) is 24.7. The summed E-state index contributed by atoms with van der Waals surface area (Å²) in [7, 11) is 3.20. The van der Waals surface area contributed by atoms with Gasteiger partial charge in [0.1, 0.15) is 5.76 Å². The number of fused-ring (bicyclic) bond motifs is 1. The van der Waals surface area contributed by atoms with E-state index < -0.39 is 0 Å². The SMILES string of the molecule is COc1ccc(CCNC(=O)/C=C(\C)c2oc3c(Cl)cccc3c2-c2ccc(Cl)cc2)cc1OC. The zero-order chi connectivity index (χ0) is 24.9. The van der Waals surface area contributed by atoms with E-state index in [2.05, 4.69) is 5.32 Å². The van der Waals surface area contributed by atoms with Crippen LogP contribution in [-0.4, -0.2) is 26.7 Å². The van der Waals surface area contributed by atoms with E-state index in [1.54, 1.807) is 26.4 Å². The minimum absolute atomic E-state index is 0.211. The number of halogens is 2. The molecule has 1 heterocycles. The number of amides is 1. The second kappa shape index (κ2) is 10.9. The van der Waals surface area contributed by atoms with Gasteiger partial charge >= 0.3 is 0 Å². The van der Waals surface area contributed by atoms with Crippen LogP contribution in [0.4, 0.5) is 0 Å². The molecular weight excluding hydrogens is 485 g/mol. The van der Waals surface area contributed by atoms with Crippen LogP contribution in [0.3, 0.4) is 0 Å². The van der Waals surface area contributed by atoms with Crippen LogP contribution in [-0.2, 0) is 11.2 Å². The number of furan rings is 1. The summed E-state index contributed by atoms with van der Waals surface area (Å²) in [6, 6.07) is 18.8. The largest absolute Gasteiger partial charge is 0.493 e. The lowest BCUT2D eigenvalue weighted by atomic mass is 9.99. The summed E-state index contributed by atoms with van der Waals surface area (Å²) in [5.41, 5.74) is 4.08. The number of ether oxygens (including phenoxy) is 2. The Labute approximate surface area is 214 Å². The van der Waals surface area contributed by atoms with Gasteiger partial charge in [-0.1, -0.05) is 53.5 Å². The van der Waals surface area contributed by atoms with Gasteiger partial charge in [-0.05, 0) is 60.4 Å². The fraction of sp³-hybridized carbons (Fsp3) is 0.179. The number of allylic oxidation sites excluding steroid dienone is 1. The molecule has 7 heteroatoms. The molecule has 1 aromatic heterocycles. The van der Waals surface area contributed by atoms with Crippen LogP contribution >= 0.6 is 23.2 Å². The number of carbonyl (C=O) groups excluding carboxylic acids is 1. The number of para-hydroxylation sites is 1. The van der Waals surface area contributed by atoms with Gasteiger partial charge in [-0.3, -0.25) is 4.79 Å². The van der Waals surface area contributed by atoms with E-state index in [1.807, 2.05) is 61.5 Å². The Balaban J connectivity index is 1.55. The Morgan fingerprint density at radius 2 is 1.74 bits per heavy atom. The second-order valence-corrected chi connectivity index (χ2v) is 8.83. The summed E-state index contributed by atoms with van der Waals surface area (Å²) in [6.07, 6.45) is 2.19. The van der Waals surface area contributed by atoms with Gasteiger partial charge in [0, 0.05) is 28.6 Å². The number of rotatable bonds is 8. The van der Waals surface area contributed by atoms with Gasteiger partial charge < -0.3 is 19.2 Å². The van der Waals surface area contributed by atoms with Crippen molar-refractivity contribution in [2.75, 3.05) is 20.8 Å². The smallest absolute Gasteiger partial charge is 0.244 e. The van der Waals surface area contributed by atoms with Crippen LogP contribution in [0.2, 0.25) is 10.0 Å². The Morgan fingerprint density at radius 3 is 2.46 bits per heavy atom. The van der Waals surface area contributed by atoms with Gasteiger partial charge in [-0.2, -0.15) is 0 Å². The van der Waals surface area contributed by atoms with Crippen LogP contribution in [0.1, 0.15) is 18.2 Å². The third kappa shape index (κ3) is 5.47. The third-order valence-corrected chi connectivity index (χ3v) is 6.22.